The maximum Gasteiger partial charge on any atom is 0.327 e. The van der Waals surface area contributed by atoms with E-state index in [1.807, 2.05) is 0 Å². The van der Waals surface area contributed by atoms with Crippen molar-refractivity contribution >= 4 is 11.9 Å². The van der Waals surface area contributed by atoms with Gasteiger partial charge in [-0.2, -0.15) is 0 Å². The number of aliphatic carboxylic acids is 2. The molecule has 0 aliphatic rings. The standard InChI is InChI=1S/C18H34O2.C16H30O2/c1-2-3-4-5-6-7-8-9-10-11-12-13-14-15-16-17-18(19)20;1-2-3-4-5-6-7-8-9-10-11-12-13-14-15-16(17)18/h9-10H,2-8,11-17H2,1H3,(H,19,20);14-15H,2-13H2,1H3,(H,17,18). The van der Waals surface area contributed by atoms with Gasteiger partial charge in [0.25, 0.3) is 0 Å². The number of hydrogen-bond donors (Lipinski definition) is 2. The molecule has 0 heterocycles. The Balaban J connectivity index is 0. The van der Waals surface area contributed by atoms with Crippen molar-refractivity contribution < 1.29 is 19.8 Å². The molecule has 224 valence electrons. The summed E-state index contributed by atoms with van der Waals surface area (Å²) in [7, 11) is 0. The van der Waals surface area contributed by atoms with Crippen LogP contribution in [0.5, 0.6) is 0 Å². The van der Waals surface area contributed by atoms with Gasteiger partial charge >= 0.3 is 11.9 Å². The molecule has 0 saturated carbocycles. The van der Waals surface area contributed by atoms with Crippen LogP contribution in [0.4, 0.5) is 0 Å². The molecule has 0 aliphatic heterocycles. The SMILES string of the molecule is CCCCCCCCC=CCCCCCCCC(=O)O.CCCCCCCCCCCCCC=CC(=O)O. The van der Waals surface area contributed by atoms with Crippen molar-refractivity contribution in [3.63, 3.8) is 0 Å². The summed E-state index contributed by atoms with van der Waals surface area (Å²) in [5.74, 6) is -1.50. The van der Waals surface area contributed by atoms with Crippen LogP contribution in [0.3, 0.4) is 0 Å². The van der Waals surface area contributed by atoms with Gasteiger partial charge in [0.2, 0.25) is 0 Å². The Morgan fingerprint density at radius 1 is 0.447 bits per heavy atom. The lowest BCUT2D eigenvalue weighted by atomic mass is 10.1. The smallest absolute Gasteiger partial charge is 0.327 e. The number of hydrogen-bond acceptors (Lipinski definition) is 2. The summed E-state index contributed by atoms with van der Waals surface area (Å²) in [6.45, 7) is 4.51. The second-order valence-corrected chi connectivity index (χ2v) is 10.8. The van der Waals surface area contributed by atoms with Gasteiger partial charge in [0, 0.05) is 12.5 Å². The van der Waals surface area contributed by atoms with E-state index in [1.165, 1.54) is 141 Å². The zero-order chi connectivity index (χ0) is 28.4. The van der Waals surface area contributed by atoms with Crippen LogP contribution in [-0.2, 0) is 9.59 Å². The van der Waals surface area contributed by atoms with Gasteiger partial charge in [0.15, 0.2) is 0 Å². The van der Waals surface area contributed by atoms with Gasteiger partial charge < -0.3 is 10.2 Å². The lowest BCUT2D eigenvalue weighted by Gasteiger charge is -2.01. The van der Waals surface area contributed by atoms with Crippen LogP contribution in [0.2, 0.25) is 0 Å². The summed E-state index contributed by atoms with van der Waals surface area (Å²) < 4.78 is 0. The van der Waals surface area contributed by atoms with Gasteiger partial charge in [-0.1, -0.05) is 148 Å². The van der Waals surface area contributed by atoms with E-state index in [0.29, 0.717) is 6.42 Å². The second-order valence-electron chi connectivity index (χ2n) is 10.8. The maximum atomic E-state index is 10.3. The molecule has 0 bridgehead atoms. The van der Waals surface area contributed by atoms with Gasteiger partial charge in [0.05, 0.1) is 0 Å². The average Bonchev–Trinajstić information content (AvgIpc) is 2.89. The maximum absolute atomic E-state index is 10.3. The van der Waals surface area contributed by atoms with Crippen LogP contribution in [0, 0.1) is 0 Å². The van der Waals surface area contributed by atoms with Crippen molar-refractivity contribution in [2.75, 3.05) is 0 Å². The first-order chi connectivity index (χ1) is 18.5. The van der Waals surface area contributed by atoms with Crippen molar-refractivity contribution in [1.29, 1.82) is 0 Å². The second kappa shape index (κ2) is 35.4. The topological polar surface area (TPSA) is 74.6 Å². The Morgan fingerprint density at radius 3 is 1.11 bits per heavy atom. The summed E-state index contributed by atoms with van der Waals surface area (Å²) in [5, 5.41) is 16.9. The van der Waals surface area contributed by atoms with E-state index in [1.54, 1.807) is 6.08 Å². The Kier molecular flexibility index (Phi) is 35.9. The van der Waals surface area contributed by atoms with E-state index in [0.717, 1.165) is 25.7 Å². The summed E-state index contributed by atoms with van der Waals surface area (Å²) in [4.78, 5) is 20.5. The molecular formula is C34H64O4. The minimum Gasteiger partial charge on any atom is -0.481 e. The molecule has 0 spiro atoms. The fourth-order valence-corrected chi connectivity index (χ4v) is 4.46. The van der Waals surface area contributed by atoms with E-state index in [-0.39, 0.29) is 0 Å². The van der Waals surface area contributed by atoms with Crippen molar-refractivity contribution in [3.8, 4) is 0 Å². The molecule has 4 nitrogen and oxygen atoms in total. The van der Waals surface area contributed by atoms with Crippen molar-refractivity contribution in [1.82, 2.24) is 0 Å². The highest BCUT2D eigenvalue weighted by Gasteiger charge is 1.96. The fourth-order valence-electron chi connectivity index (χ4n) is 4.46. The van der Waals surface area contributed by atoms with Crippen molar-refractivity contribution in [3.05, 3.63) is 24.3 Å². The van der Waals surface area contributed by atoms with Gasteiger partial charge in [-0.15, -0.1) is 0 Å². The number of rotatable bonds is 28. The van der Waals surface area contributed by atoms with E-state index >= 15 is 0 Å². The molecule has 0 radical (unpaired) electrons. The summed E-state index contributed by atoms with van der Waals surface area (Å²) >= 11 is 0. The molecule has 0 amide bonds. The molecule has 0 saturated heterocycles. The molecule has 0 aromatic carbocycles. The fraction of sp³-hybridized carbons (Fsp3) is 0.824. The predicted molar refractivity (Wildman–Crippen MR) is 165 cm³/mol. The van der Waals surface area contributed by atoms with Gasteiger partial charge in [0.1, 0.15) is 0 Å². The van der Waals surface area contributed by atoms with Crippen molar-refractivity contribution in [2.45, 2.75) is 181 Å². The van der Waals surface area contributed by atoms with Crippen LogP contribution in [0.15, 0.2) is 24.3 Å². The number of allylic oxidation sites excluding steroid dienone is 3. The van der Waals surface area contributed by atoms with Gasteiger partial charge in [-0.25, -0.2) is 4.79 Å². The quantitative estimate of drug-likeness (QED) is 0.0592. The Labute approximate surface area is 236 Å². The first-order valence-electron chi connectivity index (χ1n) is 16.3. The van der Waals surface area contributed by atoms with E-state index < -0.39 is 11.9 Å². The molecule has 0 atom stereocenters. The molecule has 0 fully saturated rings. The summed E-state index contributed by atoms with van der Waals surface area (Å²) in [5.41, 5.74) is 0. The first-order valence-corrected chi connectivity index (χ1v) is 16.3. The summed E-state index contributed by atoms with van der Waals surface area (Å²) in [6, 6.07) is 0. The molecule has 0 aromatic rings. The zero-order valence-electron chi connectivity index (χ0n) is 25.4. The highest BCUT2D eigenvalue weighted by molar-refractivity contribution is 5.79. The van der Waals surface area contributed by atoms with Crippen LogP contribution >= 0.6 is 0 Å². The van der Waals surface area contributed by atoms with Crippen LogP contribution in [-0.4, -0.2) is 22.2 Å². The zero-order valence-corrected chi connectivity index (χ0v) is 25.4. The minimum absolute atomic E-state index is 0.332. The molecule has 2 N–H and O–H groups in total. The number of carboxylic acids is 2. The van der Waals surface area contributed by atoms with Gasteiger partial charge in [-0.3, -0.25) is 4.79 Å². The molecule has 4 heteroatoms. The summed E-state index contributed by atoms with van der Waals surface area (Å²) in [6.07, 6.45) is 39.9. The largest absolute Gasteiger partial charge is 0.481 e. The van der Waals surface area contributed by atoms with Crippen LogP contribution in [0.25, 0.3) is 0 Å². The predicted octanol–water partition coefficient (Wildman–Crippen LogP) is 11.4. The average molecular weight is 537 g/mol. The lowest BCUT2D eigenvalue weighted by Crippen LogP contribution is -1.93. The third kappa shape index (κ3) is 41.5. The molecule has 0 aromatic heterocycles. The molecule has 0 aliphatic carbocycles. The number of carbonyl (C=O) groups is 2. The van der Waals surface area contributed by atoms with Crippen LogP contribution in [0.1, 0.15) is 181 Å². The Bertz CT molecular complexity index is 539. The highest BCUT2D eigenvalue weighted by Crippen LogP contribution is 2.12. The molecule has 0 rings (SSSR count). The first kappa shape index (κ1) is 38.6. The highest BCUT2D eigenvalue weighted by atomic mass is 16.4. The number of unbranched alkanes of at least 4 members (excludes halogenated alkanes) is 22. The molecule has 0 unspecified atom stereocenters. The minimum atomic E-state index is -0.835. The Morgan fingerprint density at radius 2 is 0.763 bits per heavy atom. The van der Waals surface area contributed by atoms with Crippen LogP contribution < -0.4 is 0 Å². The molecule has 38 heavy (non-hydrogen) atoms. The Hall–Kier alpha value is -1.58. The van der Waals surface area contributed by atoms with E-state index in [9.17, 15) is 9.59 Å². The lowest BCUT2D eigenvalue weighted by molar-refractivity contribution is -0.137. The third-order valence-corrected chi connectivity index (χ3v) is 6.89. The monoisotopic (exact) mass is 536 g/mol. The normalized spacial score (nSPS) is 11.2. The van der Waals surface area contributed by atoms with Gasteiger partial charge in [-0.05, 0) is 44.9 Å². The number of carboxylic acid groups (broad SMARTS) is 2. The third-order valence-electron chi connectivity index (χ3n) is 6.89. The van der Waals surface area contributed by atoms with E-state index in [2.05, 4.69) is 26.0 Å². The van der Waals surface area contributed by atoms with Crippen molar-refractivity contribution in [2.24, 2.45) is 0 Å². The van der Waals surface area contributed by atoms with E-state index in [4.69, 9.17) is 10.2 Å². The molecular weight excluding hydrogens is 472 g/mol.